The number of nitrogens with zero attached hydrogens (tertiary/aromatic N) is 2. The summed E-state index contributed by atoms with van der Waals surface area (Å²) in [5, 5.41) is 9.75. The first-order chi connectivity index (χ1) is 13.8. The number of carboxylic acids is 1. The molecule has 1 spiro atoms. The Balaban J connectivity index is 1.65. The van der Waals surface area contributed by atoms with Gasteiger partial charge in [-0.2, -0.15) is 0 Å². The Labute approximate surface area is 166 Å². The molecule has 3 aliphatic rings. The van der Waals surface area contributed by atoms with Crippen LogP contribution in [-0.4, -0.2) is 41.4 Å². The molecule has 1 saturated carbocycles. The molecule has 2 atom stereocenters. The van der Waals surface area contributed by atoms with Gasteiger partial charge in [-0.25, -0.2) is 9.18 Å². The number of rotatable bonds is 2. The molecule has 1 aromatic heterocycles. The Morgan fingerprint density at radius 2 is 2.03 bits per heavy atom. The number of anilines is 1. The van der Waals surface area contributed by atoms with Crippen LogP contribution in [0.25, 0.3) is 10.9 Å². The summed E-state index contributed by atoms with van der Waals surface area (Å²) in [7, 11) is 0. The highest BCUT2D eigenvalue weighted by atomic mass is 19.1. The van der Waals surface area contributed by atoms with Gasteiger partial charge in [-0.1, -0.05) is 0 Å². The summed E-state index contributed by atoms with van der Waals surface area (Å²) in [6.45, 7) is 3.34. The number of piperidine rings is 1. The number of halogens is 1. The molecule has 2 fully saturated rings. The Bertz CT molecular complexity index is 1090. The van der Waals surface area contributed by atoms with Crippen LogP contribution in [0, 0.1) is 11.2 Å². The molecule has 3 N–H and O–H groups in total. The van der Waals surface area contributed by atoms with Crippen molar-refractivity contribution in [2.24, 2.45) is 11.1 Å². The fourth-order valence-corrected chi connectivity index (χ4v) is 5.23. The number of hydrogen-bond donors (Lipinski definition) is 2. The highest BCUT2D eigenvalue weighted by molar-refractivity contribution is 5.97. The predicted octanol–water partition coefficient (Wildman–Crippen LogP) is 2.50. The average molecular weight is 401 g/mol. The van der Waals surface area contributed by atoms with Gasteiger partial charge in [0.15, 0.2) is 11.6 Å². The van der Waals surface area contributed by atoms with Gasteiger partial charge in [-0.15, -0.1) is 0 Å². The minimum Gasteiger partial charge on any atom is -0.487 e. The molecule has 2 aromatic rings. The molecule has 1 aromatic carbocycles. The molecule has 29 heavy (non-hydrogen) atoms. The normalized spacial score (nSPS) is 25.0. The molecule has 154 valence electrons. The van der Waals surface area contributed by atoms with Crippen LogP contribution in [-0.2, 0) is 0 Å². The largest absolute Gasteiger partial charge is 0.487 e. The van der Waals surface area contributed by atoms with Crippen LogP contribution in [0.15, 0.2) is 16.9 Å². The third kappa shape index (κ3) is 2.51. The van der Waals surface area contributed by atoms with Crippen molar-refractivity contribution in [1.82, 2.24) is 4.57 Å². The smallest absolute Gasteiger partial charge is 0.341 e. The number of carbonyl (C=O) groups is 1. The molecule has 1 unspecified atom stereocenters. The third-order valence-corrected chi connectivity index (χ3v) is 7.16. The molecule has 8 heteroatoms. The number of aromatic nitrogens is 1. The molecule has 0 bridgehead atoms. The molecule has 5 rings (SSSR count). The van der Waals surface area contributed by atoms with Crippen molar-refractivity contribution in [3.8, 4) is 5.75 Å². The molecule has 0 radical (unpaired) electrons. The highest BCUT2D eigenvalue weighted by Crippen LogP contribution is 2.50. The average Bonchev–Trinajstić information content (AvgIpc) is 2.70. The lowest BCUT2D eigenvalue weighted by molar-refractivity contribution is 0.0609. The van der Waals surface area contributed by atoms with Crippen LogP contribution in [0.3, 0.4) is 0 Å². The Hall–Kier alpha value is -2.61. The molecule has 3 heterocycles. The number of ether oxygens (including phenoxy) is 1. The zero-order valence-corrected chi connectivity index (χ0v) is 16.3. The summed E-state index contributed by atoms with van der Waals surface area (Å²) in [5.41, 5.74) is 6.29. The maximum atomic E-state index is 15.2. The molecule has 7 nitrogen and oxygen atoms in total. The first-order valence-electron chi connectivity index (χ1n) is 10.1. The molecular formula is C21H24FN3O4. The number of aromatic carboxylic acids is 1. The van der Waals surface area contributed by atoms with Gasteiger partial charge in [0, 0.05) is 24.5 Å². The van der Waals surface area contributed by atoms with E-state index in [-0.39, 0.29) is 29.7 Å². The minimum absolute atomic E-state index is 0.176. The number of pyridine rings is 1. The van der Waals surface area contributed by atoms with E-state index >= 15 is 4.39 Å². The van der Waals surface area contributed by atoms with Crippen molar-refractivity contribution < 1.29 is 19.0 Å². The SMILES string of the molecule is C[C@H]1COc2c(N3CCC4(CCC4N)CC3)c(F)cc3cc(C(=O)O)c(=O)n1c23. The lowest BCUT2D eigenvalue weighted by Gasteiger charge is -2.53. The van der Waals surface area contributed by atoms with Crippen LogP contribution in [0.2, 0.25) is 0 Å². The van der Waals surface area contributed by atoms with Crippen molar-refractivity contribution in [3.05, 3.63) is 33.9 Å². The maximum Gasteiger partial charge on any atom is 0.341 e. The van der Waals surface area contributed by atoms with E-state index < -0.39 is 17.3 Å². The van der Waals surface area contributed by atoms with Crippen LogP contribution in [0.1, 0.15) is 49.0 Å². The van der Waals surface area contributed by atoms with Crippen molar-refractivity contribution in [3.63, 3.8) is 0 Å². The van der Waals surface area contributed by atoms with Crippen molar-refractivity contribution in [2.45, 2.75) is 44.7 Å². The van der Waals surface area contributed by atoms with Crippen LogP contribution in [0.4, 0.5) is 10.1 Å². The second kappa shape index (κ2) is 6.19. The lowest BCUT2D eigenvalue weighted by atomic mass is 9.59. The number of benzene rings is 1. The van der Waals surface area contributed by atoms with Gasteiger partial charge in [0.2, 0.25) is 0 Å². The molecule has 2 aliphatic heterocycles. The van der Waals surface area contributed by atoms with E-state index in [0.29, 0.717) is 35.4 Å². The topological polar surface area (TPSA) is 97.8 Å². The van der Waals surface area contributed by atoms with Gasteiger partial charge in [0.1, 0.15) is 17.9 Å². The summed E-state index contributed by atoms with van der Waals surface area (Å²) in [6, 6.07) is 2.44. The van der Waals surface area contributed by atoms with Crippen molar-refractivity contribution >= 4 is 22.6 Å². The van der Waals surface area contributed by atoms with Gasteiger partial charge in [-0.05, 0) is 50.2 Å². The summed E-state index contributed by atoms with van der Waals surface area (Å²) in [4.78, 5) is 26.3. The van der Waals surface area contributed by atoms with E-state index in [0.717, 1.165) is 25.7 Å². The maximum absolute atomic E-state index is 15.2. The summed E-state index contributed by atoms with van der Waals surface area (Å²) in [6.07, 6.45) is 3.99. The number of nitrogens with two attached hydrogens (primary N) is 1. The van der Waals surface area contributed by atoms with Crippen LogP contribution in [0.5, 0.6) is 5.75 Å². The summed E-state index contributed by atoms with van der Waals surface area (Å²) in [5.74, 6) is -1.44. The quantitative estimate of drug-likeness (QED) is 0.803. The van der Waals surface area contributed by atoms with Gasteiger partial charge >= 0.3 is 5.97 Å². The zero-order valence-electron chi connectivity index (χ0n) is 16.3. The van der Waals surface area contributed by atoms with E-state index in [4.69, 9.17) is 10.5 Å². The van der Waals surface area contributed by atoms with Gasteiger partial charge in [0.25, 0.3) is 5.56 Å². The summed E-state index contributed by atoms with van der Waals surface area (Å²) < 4.78 is 22.6. The van der Waals surface area contributed by atoms with Crippen LogP contribution >= 0.6 is 0 Å². The fraction of sp³-hybridized carbons (Fsp3) is 0.524. The molecule has 1 aliphatic carbocycles. The van der Waals surface area contributed by atoms with Gasteiger partial charge < -0.3 is 20.5 Å². The zero-order chi connectivity index (χ0) is 20.5. The molecule has 0 amide bonds. The first-order valence-corrected chi connectivity index (χ1v) is 10.1. The summed E-state index contributed by atoms with van der Waals surface area (Å²) >= 11 is 0. The number of hydrogen-bond acceptors (Lipinski definition) is 5. The minimum atomic E-state index is -1.32. The predicted molar refractivity (Wildman–Crippen MR) is 106 cm³/mol. The fourth-order valence-electron chi connectivity index (χ4n) is 5.23. The van der Waals surface area contributed by atoms with Crippen LogP contribution < -0.4 is 20.9 Å². The van der Waals surface area contributed by atoms with E-state index in [1.807, 2.05) is 4.90 Å². The second-order valence-electron chi connectivity index (χ2n) is 8.67. The Morgan fingerprint density at radius 3 is 2.62 bits per heavy atom. The van der Waals surface area contributed by atoms with E-state index in [1.54, 1.807) is 6.92 Å². The monoisotopic (exact) mass is 401 g/mol. The van der Waals surface area contributed by atoms with E-state index in [9.17, 15) is 14.7 Å². The van der Waals surface area contributed by atoms with Gasteiger partial charge in [-0.3, -0.25) is 9.36 Å². The Morgan fingerprint density at radius 1 is 1.31 bits per heavy atom. The number of carboxylic acid groups (broad SMARTS) is 1. The molecular weight excluding hydrogens is 377 g/mol. The van der Waals surface area contributed by atoms with E-state index in [2.05, 4.69) is 0 Å². The van der Waals surface area contributed by atoms with Crippen molar-refractivity contribution in [1.29, 1.82) is 0 Å². The van der Waals surface area contributed by atoms with Crippen molar-refractivity contribution in [2.75, 3.05) is 24.6 Å². The second-order valence-corrected chi connectivity index (χ2v) is 8.67. The standard InChI is InChI=1S/C21H24FN3O4/c1-11-10-29-18-16-12(8-13(20(27)28)19(26)25(11)16)9-14(22)17(18)24-6-4-21(5-7-24)3-2-15(21)23/h8-9,11,15H,2-7,10,23H2,1H3,(H,27,28)/t11-,15?/m0/s1. The van der Waals surface area contributed by atoms with Gasteiger partial charge in [0.05, 0.1) is 11.6 Å². The third-order valence-electron chi connectivity index (χ3n) is 7.16. The van der Waals surface area contributed by atoms with E-state index in [1.165, 1.54) is 16.7 Å². The molecule has 1 saturated heterocycles. The first kappa shape index (κ1) is 18.4. The highest BCUT2D eigenvalue weighted by Gasteiger charge is 2.46. The lowest BCUT2D eigenvalue weighted by Crippen LogP contribution is -2.56. The Kier molecular flexibility index (Phi) is 3.93.